The van der Waals surface area contributed by atoms with Gasteiger partial charge in [-0.15, -0.1) is 0 Å². The van der Waals surface area contributed by atoms with Crippen LogP contribution in [0.25, 0.3) is 0 Å². The summed E-state index contributed by atoms with van der Waals surface area (Å²) in [6, 6.07) is 7.34. The number of fused-ring (bicyclic) bond motifs is 9. The molecule has 0 N–H and O–H groups in total. The van der Waals surface area contributed by atoms with Gasteiger partial charge in [0.05, 0.1) is 18.6 Å². The van der Waals surface area contributed by atoms with Gasteiger partial charge >= 0.3 is 6.03 Å². The molecular weight excluding hydrogens is 435 g/mol. The summed E-state index contributed by atoms with van der Waals surface area (Å²) in [7, 11) is 0. The lowest BCUT2D eigenvalue weighted by Gasteiger charge is -2.42. The van der Waals surface area contributed by atoms with Gasteiger partial charge in [-0.1, -0.05) is 41.4 Å². The Balaban J connectivity index is 1.39. The number of nitrogens with zero attached hydrogens (tertiary/aromatic N) is 2. The Kier molecular flexibility index (Phi) is 3.91. The van der Waals surface area contributed by atoms with Crippen molar-refractivity contribution in [2.24, 2.45) is 5.92 Å². The Hall–Kier alpha value is -1.42. The van der Waals surface area contributed by atoms with Crippen molar-refractivity contribution in [1.82, 2.24) is 9.80 Å². The van der Waals surface area contributed by atoms with Crippen LogP contribution in [0.1, 0.15) is 24.2 Å². The maximum atomic E-state index is 13.6. The average molecular weight is 455 g/mol. The molecule has 2 bridgehead atoms. The van der Waals surface area contributed by atoms with E-state index in [4.69, 9.17) is 42.1 Å². The molecule has 4 heterocycles. The van der Waals surface area contributed by atoms with E-state index < -0.39 is 58.7 Å². The summed E-state index contributed by atoms with van der Waals surface area (Å²) in [5.41, 5.74) is 0.375. The van der Waals surface area contributed by atoms with Crippen molar-refractivity contribution >= 4 is 35.1 Å². The van der Waals surface area contributed by atoms with Crippen LogP contribution in [-0.4, -0.2) is 75.3 Å². The van der Waals surface area contributed by atoms with E-state index >= 15 is 0 Å². The van der Waals surface area contributed by atoms with Crippen molar-refractivity contribution in [3.05, 3.63) is 35.9 Å². The van der Waals surface area contributed by atoms with Crippen LogP contribution in [0.4, 0.5) is 4.79 Å². The zero-order valence-corrected chi connectivity index (χ0v) is 17.7. The summed E-state index contributed by atoms with van der Waals surface area (Å²) >= 11 is 13.1. The van der Waals surface area contributed by atoms with E-state index in [2.05, 4.69) is 0 Å². The van der Waals surface area contributed by atoms with E-state index in [1.807, 2.05) is 13.8 Å². The number of rotatable bonds is 1. The maximum absolute atomic E-state index is 13.6. The zero-order chi connectivity index (χ0) is 21.0. The number of amides is 3. The third-order valence-electron chi connectivity index (χ3n) is 6.43. The largest absolute Gasteiger partial charge is 0.355 e. The molecule has 7 atom stereocenters. The van der Waals surface area contributed by atoms with E-state index in [0.29, 0.717) is 5.56 Å². The summed E-state index contributed by atoms with van der Waals surface area (Å²) in [4.78, 5) is 29.5. The quantitative estimate of drug-likeness (QED) is 0.606. The molecular formula is C20H20Cl2N2O6. The van der Waals surface area contributed by atoms with E-state index in [9.17, 15) is 9.59 Å². The first kappa shape index (κ1) is 19.3. The standard InChI is InChI=1S/C20H20Cl2N2O6/c1-19(2)29-12-10-8-27-16-11-14(20(11,21)22)23(15(25)9-6-4-3-5-7-9)18(26)24(16)17(28-10)13(12)30-19/h3-7,10-14,16-17H,8H2,1-2H3/t10-,11-,12-,13-,14-,16+,17-/m1/s1. The number of carbonyl (C=O) groups excluding carboxylic acids is 2. The minimum absolute atomic E-state index is 0.214. The van der Waals surface area contributed by atoms with Crippen molar-refractivity contribution in [3.63, 3.8) is 0 Å². The molecule has 4 aliphatic heterocycles. The van der Waals surface area contributed by atoms with Gasteiger partial charge in [0.2, 0.25) is 0 Å². The van der Waals surface area contributed by atoms with Crippen molar-refractivity contribution in [1.29, 1.82) is 0 Å². The molecule has 10 heteroatoms. The molecule has 0 radical (unpaired) electrons. The van der Waals surface area contributed by atoms with Crippen LogP contribution in [0.15, 0.2) is 30.3 Å². The highest BCUT2D eigenvalue weighted by molar-refractivity contribution is 6.52. The lowest BCUT2D eigenvalue weighted by Crippen LogP contribution is -2.63. The topological polar surface area (TPSA) is 77.5 Å². The molecule has 160 valence electrons. The number of carbonyl (C=O) groups is 2. The number of halogens is 2. The number of ether oxygens (including phenoxy) is 4. The van der Waals surface area contributed by atoms with Gasteiger partial charge in [0.1, 0.15) is 28.9 Å². The number of urea groups is 1. The first-order valence-electron chi connectivity index (χ1n) is 9.92. The Bertz CT molecular complexity index is 927. The van der Waals surface area contributed by atoms with Crippen molar-refractivity contribution < 1.29 is 28.5 Å². The first-order valence-corrected chi connectivity index (χ1v) is 10.7. The minimum atomic E-state index is -1.30. The normalized spacial score (nSPS) is 42.3. The van der Waals surface area contributed by atoms with E-state index in [1.54, 1.807) is 30.3 Å². The average Bonchev–Trinajstić information content (AvgIpc) is 3.02. The predicted molar refractivity (Wildman–Crippen MR) is 104 cm³/mol. The fourth-order valence-corrected chi connectivity index (χ4v) is 5.91. The molecule has 0 spiro atoms. The van der Waals surface area contributed by atoms with Crippen LogP contribution in [0.2, 0.25) is 0 Å². The summed E-state index contributed by atoms with van der Waals surface area (Å²) in [6.07, 6.45) is -2.73. The molecule has 8 nitrogen and oxygen atoms in total. The SMILES string of the molecule is CC1(C)O[C@@H]2[C@H](O1)[C@H]1CO[C@H]3[C@H]4[C@@H](N(C(=O)c5ccccc5)C(=O)N3[C@@H]2O1)C4(Cl)Cl. The van der Waals surface area contributed by atoms with E-state index in [0.717, 1.165) is 4.90 Å². The molecule has 5 aliphatic rings. The van der Waals surface area contributed by atoms with E-state index in [-0.39, 0.29) is 12.7 Å². The third kappa shape index (κ3) is 2.49. The molecule has 0 unspecified atom stereocenters. The Labute approximate surface area is 182 Å². The smallest absolute Gasteiger partial charge is 0.331 e. The zero-order valence-electron chi connectivity index (χ0n) is 16.2. The number of alkyl halides is 2. The highest BCUT2D eigenvalue weighted by atomic mass is 35.5. The molecule has 30 heavy (non-hydrogen) atoms. The van der Waals surface area contributed by atoms with Gasteiger partial charge in [-0.25, -0.2) is 4.79 Å². The molecule has 6 rings (SSSR count). The van der Waals surface area contributed by atoms with Crippen molar-refractivity contribution in [3.8, 4) is 0 Å². The summed E-state index contributed by atoms with van der Waals surface area (Å²) in [5, 5.41) is 0. The summed E-state index contributed by atoms with van der Waals surface area (Å²) in [5.74, 6) is -1.72. The lowest BCUT2D eigenvalue weighted by molar-refractivity contribution is -0.200. The number of hydrogen-bond acceptors (Lipinski definition) is 6. The number of hydrogen-bond donors (Lipinski definition) is 0. The molecule has 1 aromatic carbocycles. The maximum Gasteiger partial charge on any atom is 0.331 e. The highest BCUT2D eigenvalue weighted by Crippen LogP contribution is 2.62. The molecule has 3 amide bonds. The molecule has 1 aromatic rings. The van der Waals surface area contributed by atoms with Crippen LogP contribution < -0.4 is 0 Å². The van der Waals surface area contributed by atoms with Crippen LogP contribution in [-0.2, 0) is 18.9 Å². The van der Waals surface area contributed by atoms with Gasteiger partial charge in [-0.05, 0) is 26.0 Å². The molecule has 5 fully saturated rings. The Morgan fingerprint density at radius 2 is 1.80 bits per heavy atom. The Morgan fingerprint density at radius 1 is 1.10 bits per heavy atom. The van der Waals surface area contributed by atoms with Crippen LogP contribution in [0.3, 0.4) is 0 Å². The van der Waals surface area contributed by atoms with Gasteiger partial charge in [-0.3, -0.25) is 14.6 Å². The van der Waals surface area contributed by atoms with Gasteiger partial charge in [0.25, 0.3) is 5.91 Å². The summed E-state index contributed by atoms with van der Waals surface area (Å²) < 4.78 is 22.9. The number of benzene rings is 1. The van der Waals surface area contributed by atoms with Crippen molar-refractivity contribution in [2.75, 3.05) is 6.61 Å². The van der Waals surface area contributed by atoms with Crippen LogP contribution in [0, 0.1) is 5.92 Å². The summed E-state index contributed by atoms with van der Waals surface area (Å²) in [6.45, 7) is 3.85. The van der Waals surface area contributed by atoms with Crippen molar-refractivity contribution in [2.45, 2.75) is 60.8 Å². The van der Waals surface area contributed by atoms with Gasteiger partial charge in [-0.2, -0.15) is 0 Å². The Morgan fingerprint density at radius 3 is 2.53 bits per heavy atom. The molecule has 0 aromatic heterocycles. The first-order chi connectivity index (χ1) is 14.2. The third-order valence-corrected chi connectivity index (χ3v) is 7.38. The van der Waals surface area contributed by atoms with Gasteiger partial charge in [0, 0.05) is 5.56 Å². The highest BCUT2D eigenvalue weighted by Gasteiger charge is 2.78. The monoisotopic (exact) mass is 454 g/mol. The van der Waals surface area contributed by atoms with E-state index in [1.165, 1.54) is 4.90 Å². The number of imide groups is 1. The lowest BCUT2D eigenvalue weighted by atomic mass is 10.1. The second-order valence-electron chi connectivity index (χ2n) is 8.73. The fraction of sp³-hybridized carbons (Fsp3) is 0.600. The second-order valence-corrected chi connectivity index (χ2v) is 10.2. The van der Waals surface area contributed by atoms with Gasteiger partial charge < -0.3 is 18.9 Å². The molecule has 1 saturated carbocycles. The van der Waals surface area contributed by atoms with Crippen LogP contribution in [0.5, 0.6) is 0 Å². The molecule has 1 aliphatic carbocycles. The van der Waals surface area contributed by atoms with Gasteiger partial charge in [0.15, 0.2) is 12.0 Å². The molecule has 4 saturated heterocycles. The fourth-order valence-electron chi connectivity index (χ4n) is 5.12. The predicted octanol–water partition coefficient (Wildman–Crippen LogP) is 2.34. The van der Waals surface area contributed by atoms with Crippen LogP contribution >= 0.6 is 23.2 Å². The minimum Gasteiger partial charge on any atom is -0.355 e. The second kappa shape index (κ2) is 6.09.